The highest BCUT2D eigenvalue weighted by atomic mass is 16.3. The van der Waals surface area contributed by atoms with Crippen LogP contribution in [0.5, 0.6) is 0 Å². The molecule has 4 aliphatic rings. The van der Waals surface area contributed by atoms with Gasteiger partial charge in [-0.25, -0.2) is 0 Å². The molecule has 0 spiro atoms. The molecule has 7 atom stereocenters. The van der Waals surface area contributed by atoms with Gasteiger partial charge in [-0.05, 0) is 92.8 Å². The van der Waals surface area contributed by atoms with Crippen molar-refractivity contribution >= 4 is 0 Å². The van der Waals surface area contributed by atoms with Gasteiger partial charge in [-0.1, -0.05) is 26.0 Å². The molecule has 0 aliphatic heterocycles. The van der Waals surface area contributed by atoms with Gasteiger partial charge in [0.25, 0.3) is 0 Å². The third-order valence-corrected chi connectivity index (χ3v) is 8.77. The van der Waals surface area contributed by atoms with Crippen molar-refractivity contribution in [2.24, 2.45) is 34.5 Å². The maximum Gasteiger partial charge on any atom is 0.0675 e. The summed E-state index contributed by atoms with van der Waals surface area (Å²) < 4.78 is 0. The zero-order chi connectivity index (χ0) is 14.9. The van der Waals surface area contributed by atoms with Crippen molar-refractivity contribution in [2.45, 2.75) is 77.7 Å². The molecule has 1 N–H and O–H groups in total. The fourth-order valence-corrected chi connectivity index (χ4v) is 7.08. The summed E-state index contributed by atoms with van der Waals surface area (Å²) in [4.78, 5) is 0. The van der Waals surface area contributed by atoms with Gasteiger partial charge in [0.15, 0.2) is 0 Å². The average molecular weight is 288 g/mol. The van der Waals surface area contributed by atoms with Crippen LogP contribution in [0.15, 0.2) is 12.2 Å². The molecule has 0 amide bonds. The molecule has 0 aromatic carbocycles. The van der Waals surface area contributed by atoms with E-state index >= 15 is 0 Å². The predicted octanol–water partition coefficient (Wildman–Crippen LogP) is 4.95. The van der Waals surface area contributed by atoms with Crippen molar-refractivity contribution in [2.75, 3.05) is 0 Å². The van der Waals surface area contributed by atoms with Crippen LogP contribution in [0.3, 0.4) is 0 Å². The Hall–Kier alpha value is -0.300. The smallest absolute Gasteiger partial charge is 0.0675 e. The summed E-state index contributed by atoms with van der Waals surface area (Å²) in [5, 5.41) is 10.9. The van der Waals surface area contributed by atoms with Crippen molar-refractivity contribution in [3.05, 3.63) is 12.2 Å². The molecule has 21 heavy (non-hydrogen) atoms. The van der Waals surface area contributed by atoms with Crippen LogP contribution >= 0.6 is 0 Å². The molecule has 3 saturated carbocycles. The Bertz CT molecular complexity index is 464. The molecular formula is C20H32O. The fraction of sp³-hybridized carbons (Fsp3) is 0.900. The minimum absolute atomic E-state index is 0.182. The first-order chi connectivity index (χ1) is 9.88. The van der Waals surface area contributed by atoms with E-state index in [4.69, 9.17) is 0 Å². The summed E-state index contributed by atoms with van der Waals surface area (Å²) in [5.74, 6) is 3.49. The van der Waals surface area contributed by atoms with Crippen LogP contribution in [0.1, 0.15) is 72.1 Å². The van der Waals surface area contributed by atoms with Gasteiger partial charge in [0, 0.05) is 0 Å². The zero-order valence-corrected chi connectivity index (χ0v) is 14.1. The number of rotatable bonds is 0. The third kappa shape index (κ3) is 1.73. The molecule has 4 rings (SSSR count). The van der Waals surface area contributed by atoms with Crippen LogP contribution in [0.4, 0.5) is 0 Å². The summed E-state index contributed by atoms with van der Waals surface area (Å²) in [6.45, 7) is 7.11. The molecule has 4 aliphatic carbocycles. The summed E-state index contributed by atoms with van der Waals surface area (Å²) >= 11 is 0. The molecule has 1 nitrogen and oxygen atoms in total. The van der Waals surface area contributed by atoms with Gasteiger partial charge in [-0.15, -0.1) is 0 Å². The monoisotopic (exact) mass is 288 g/mol. The first kappa shape index (κ1) is 14.3. The van der Waals surface area contributed by atoms with E-state index in [1.807, 2.05) is 0 Å². The first-order valence-electron chi connectivity index (χ1n) is 9.26. The standard InChI is InChI=1S/C20H32O/c1-18-11-5-4-6-14(18)7-8-15-16(18)9-12-19(2)17(15)10-13-20(19,3)21/h4-5,14-17,21H,6-13H2,1-3H3/t14?,15-,16-,17+,18+,19+,20?/m1/s1. The van der Waals surface area contributed by atoms with Gasteiger partial charge in [-0.3, -0.25) is 0 Å². The Morgan fingerprint density at radius 2 is 1.67 bits per heavy atom. The summed E-state index contributed by atoms with van der Waals surface area (Å²) in [5.41, 5.74) is 0.308. The van der Waals surface area contributed by atoms with Crippen LogP contribution in [0, 0.1) is 34.5 Å². The lowest BCUT2D eigenvalue weighted by molar-refractivity contribution is -0.138. The molecule has 0 radical (unpaired) electrons. The van der Waals surface area contributed by atoms with Crippen molar-refractivity contribution in [1.82, 2.24) is 0 Å². The van der Waals surface area contributed by atoms with Gasteiger partial charge < -0.3 is 5.11 Å². The molecule has 0 aromatic heterocycles. The molecule has 0 heterocycles. The Morgan fingerprint density at radius 1 is 0.905 bits per heavy atom. The maximum absolute atomic E-state index is 10.9. The van der Waals surface area contributed by atoms with Crippen molar-refractivity contribution in [3.63, 3.8) is 0 Å². The molecule has 1 heteroatoms. The average Bonchev–Trinajstić information content (AvgIpc) is 2.69. The Kier molecular flexibility index (Phi) is 2.98. The second-order valence-corrected chi connectivity index (χ2v) is 9.34. The molecule has 0 bridgehead atoms. The van der Waals surface area contributed by atoms with E-state index < -0.39 is 5.60 Å². The Labute approximate surface area is 130 Å². The Morgan fingerprint density at radius 3 is 2.48 bits per heavy atom. The lowest BCUT2D eigenvalue weighted by atomic mass is 9.45. The van der Waals surface area contributed by atoms with Crippen LogP contribution in [-0.2, 0) is 0 Å². The van der Waals surface area contributed by atoms with E-state index in [0.29, 0.717) is 5.41 Å². The highest BCUT2D eigenvalue weighted by Crippen LogP contribution is 2.67. The molecule has 0 aromatic rings. The summed E-state index contributed by atoms with van der Waals surface area (Å²) in [6.07, 6.45) is 15.3. The molecule has 2 unspecified atom stereocenters. The lowest BCUT2D eigenvalue weighted by Gasteiger charge is -2.60. The van der Waals surface area contributed by atoms with Crippen molar-refractivity contribution in [1.29, 1.82) is 0 Å². The third-order valence-electron chi connectivity index (χ3n) is 8.77. The van der Waals surface area contributed by atoms with Gasteiger partial charge in [0.2, 0.25) is 0 Å². The SMILES string of the molecule is CC1(O)CC[C@H]2[C@@H]3CCC4CC=CC[C@]4(C)[C@@H]3CC[C@@]21C. The molecule has 3 fully saturated rings. The van der Waals surface area contributed by atoms with E-state index in [1.165, 1.54) is 44.9 Å². The van der Waals surface area contributed by atoms with Crippen LogP contribution in [-0.4, -0.2) is 10.7 Å². The minimum atomic E-state index is -0.424. The normalized spacial score (nSPS) is 59.2. The van der Waals surface area contributed by atoms with Gasteiger partial charge in [-0.2, -0.15) is 0 Å². The van der Waals surface area contributed by atoms with E-state index in [1.54, 1.807) is 0 Å². The second-order valence-electron chi connectivity index (χ2n) is 9.34. The summed E-state index contributed by atoms with van der Waals surface area (Å²) in [6, 6.07) is 0. The number of allylic oxidation sites excluding steroid dienone is 2. The predicted molar refractivity (Wildman–Crippen MR) is 86.9 cm³/mol. The van der Waals surface area contributed by atoms with E-state index in [0.717, 1.165) is 30.1 Å². The fourth-order valence-electron chi connectivity index (χ4n) is 7.08. The van der Waals surface area contributed by atoms with Crippen molar-refractivity contribution < 1.29 is 5.11 Å². The Balaban J connectivity index is 1.68. The highest BCUT2D eigenvalue weighted by molar-refractivity contribution is 5.14. The van der Waals surface area contributed by atoms with E-state index in [9.17, 15) is 5.11 Å². The van der Waals surface area contributed by atoms with Crippen LogP contribution in [0.25, 0.3) is 0 Å². The lowest BCUT2D eigenvalue weighted by Crippen LogP contribution is -2.55. The molecule has 0 saturated heterocycles. The summed E-state index contributed by atoms with van der Waals surface area (Å²) in [7, 11) is 0. The molecular weight excluding hydrogens is 256 g/mol. The van der Waals surface area contributed by atoms with Crippen LogP contribution in [0.2, 0.25) is 0 Å². The maximum atomic E-state index is 10.9. The van der Waals surface area contributed by atoms with Crippen LogP contribution < -0.4 is 0 Å². The quantitative estimate of drug-likeness (QED) is 0.626. The van der Waals surface area contributed by atoms with Gasteiger partial charge >= 0.3 is 0 Å². The number of hydrogen-bond acceptors (Lipinski definition) is 1. The highest BCUT2D eigenvalue weighted by Gasteiger charge is 2.62. The van der Waals surface area contributed by atoms with Gasteiger partial charge in [0.05, 0.1) is 5.60 Å². The second kappa shape index (κ2) is 4.37. The van der Waals surface area contributed by atoms with Crippen molar-refractivity contribution in [3.8, 4) is 0 Å². The number of aliphatic hydroxyl groups is 1. The van der Waals surface area contributed by atoms with E-state index in [2.05, 4.69) is 32.9 Å². The molecule has 118 valence electrons. The first-order valence-corrected chi connectivity index (χ1v) is 9.26. The topological polar surface area (TPSA) is 20.2 Å². The zero-order valence-electron chi connectivity index (χ0n) is 14.1. The number of hydrogen-bond donors (Lipinski definition) is 1. The minimum Gasteiger partial charge on any atom is -0.390 e. The van der Waals surface area contributed by atoms with Gasteiger partial charge in [0.1, 0.15) is 0 Å². The largest absolute Gasteiger partial charge is 0.390 e. The number of fused-ring (bicyclic) bond motifs is 5. The van der Waals surface area contributed by atoms with E-state index in [-0.39, 0.29) is 5.41 Å².